The summed E-state index contributed by atoms with van der Waals surface area (Å²) in [6.07, 6.45) is 3.25. The fourth-order valence-electron chi connectivity index (χ4n) is 6.16. The molecule has 0 aromatic heterocycles. The van der Waals surface area contributed by atoms with Crippen LogP contribution < -0.4 is 26.6 Å². The summed E-state index contributed by atoms with van der Waals surface area (Å²) in [7, 11) is 0. The van der Waals surface area contributed by atoms with Crippen molar-refractivity contribution in [1.29, 1.82) is 0 Å². The normalized spacial score (nSPS) is 14.9. The number of hydrogen-bond acceptors (Lipinski definition) is 8. The molecule has 2 aromatic carbocycles. The minimum atomic E-state index is -1.43. The first kappa shape index (κ1) is 43.4. The lowest BCUT2D eigenvalue weighted by Crippen LogP contribution is -2.58. The smallest absolute Gasteiger partial charge is 0.336 e. The Labute approximate surface area is 322 Å². The molecule has 1 saturated carbocycles. The molecular formula is C37H45Cl2N5O10. The Morgan fingerprint density at radius 1 is 0.796 bits per heavy atom. The average Bonchev–Trinajstić information content (AvgIpc) is 3.66. The van der Waals surface area contributed by atoms with E-state index in [2.05, 4.69) is 26.6 Å². The van der Waals surface area contributed by atoms with E-state index in [9.17, 15) is 48.6 Å². The van der Waals surface area contributed by atoms with Gasteiger partial charge in [-0.25, -0.2) is 9.59 Å². The lowest BCUT2D eigenvalue weighted by Gasteiger charge is -2.28. The largest absolute Gasteiger partial charge is 0.479 e. The molecule has 15 nitrogen and oxygen atoms in total. The standard InChI is InChI=1S/C37H45Cl2N5O10/c1-4-10-26(31(46)35(50)40-18-28(45)43-30(37(53)54)21-11-6-5-7-12-21)41-33(48)27(15-19(2)3)42-34(49)29(20-13-8-9-14-20)44-32(47)22-16-24(38)25(39)17-23(22)36(51)52/h5-7,11-12,16-17,19-20,26-27,29-30H,4,8-10,13-15,18H2,1-3H3,(H,40,50)(H,41,48)(H,42,49)(H,43,45)(H,44,47)(H,51,52)(H,53,54)/t26?,27-,29-,30-/m0/s1. The minimum absolute atomic E-state index is 0.0396. The molecule has 1 unspecified atom stereocenters. The van der Waals surface area contributed by atoms with Crippen LogP contribution in [-0.2, 0) is 28.8 Å². The SMILES string of the molecule is CCCC(NC(=O)[C@H](CC(C)C)NC(=O)[C@@H](NC(=O)c1cc(Cl)c(Cl)cc1C(=O)O)C1CCCC1)C(=O)C(=O)NCC(=O)N[C@H](C(=O)O)c1ccccc1. The molecule has 7 N–H and O–H groups in total. The summed E-state index contributed by atoms with van der Waals surface area (Å²) in [6, 6.07) is 4.94. The third-order valence-electron chi connectivity index (χ3n) is 8.84. The number of aliphatic carboxylic acids is 1. The summed E-state index contributed by atoms with van der Waals surface area (Å²) in [5.74, 6) is -8.70. The number of carbonyl (C=O) groups is 8. The lowest BCUT2D eigenvalue weighted by molar-refractivity contribution is -0.142. The average molecular weight is 791 g/mol. The van der Waals surface area contributed by atoms with Crippen LogP contribution >= 0.6 is 23.2 Å². The maximum Gasteiger partial charge on any atom is 0.336 e. The highest BCUT2D eigenvalue weighted by atomic mass is 35.5. The summed E-state index contributed by atoms with van der Waals surface area (Å²) < 4.78 is 0. The number of Topliss-reactive ketones (excluding diaryl/α,β-unsaturated/α-hetero) is 1. The Hall–Kier alpha value is -5.02. The second-order valence-electron chi connectivity index (χ2n) is 13.4. The summed E-state index contributed by atoms with van der Waals surface area (Å²) >= 11 is 12.1. The zero-order valence-electron chi connectivity index (χ0n) is 30.1. The van der Waals surface area contributed by atoms with Gasteiger partial charge in [0.1, 0.15) is 12.1 Å². The first-order chi connectivity index (χ1) is 25.5. The van der Waals surface area contributed by atoms with E-state index in [1.807, 2.05) is 0 Å². The first-order valence-electron chi connectivity index (χ1n) is 17.6. The number of carbonyl (C=O) groups excluding carboxylic acids is 6. The van der Waals surface area contributed by atoms with Crippen LogP contribution in [0.15, 0.2) is 42.5 Å². The molecule has 0 radical (unpaired) electrons. The Bertz CT molecular complexity index is 1730. The fourth-order valence-corrected chi connectivity index (χ4v) is 6.49. The molecule has 0 bridgehead atoms. The monoisotopic (exact) mass is 789 g/mol. The molecule has 2 aromatic rings. The molecule has 5 amide bonds. The molecule has 0 aliphatic heterocycles. The minimum Gasteiger partial charge on any atom is -0.479 e. The van der Waals surface area contributed by atoms with E-state index in [1.54, 1.807) is 39.0 Å². The van der Waals surface area contributed by atoms with E-state index in [-0.39, 0.29) is 40.3 Å². The maximum absolute atomic E-state index is 13.9. The van der Waals surface area contributed by atoms with Gasteiger partial charge in [0, 0.05) is 0 Å². The van der Waals surface area contributed by atoms with Crippen molar-refractivity contribution in [3.05, 3.63) is 69.2 Å². The molecule has 0 spiro atoms. The molecule has 1 aliphatic carbocycles. The Balaban J connectivity index is 1.73. The number of amides is 5. The van der Waals surface area contributed by atoms with Crippen molar-refractivity contribution < 1.29 is 48.6 Å². The number of ketones is 1. The van der Waals surface area contributed by atoms with Crippen molar-refractivity contribution in [3.63, 3.8) is 0 Å². The zero-order valence-corrected chi connectivity index (χ0v) is 31.6. The van der Waals surface area contributed by atoms with Crippen molar-refractivity contribution in [1.82, 2.24) is 26.6 Å². The van der Waals surface area contributed by atoms with Crippen LogP contribution in [0, 0.1) is 11.8 Å². The van der Waals surface area contributed by atoms with E-state index in [0.717, 1.165) is 25.0 Å². The van der Waals surface area contributed by atoms with E-state index in [4.69, 9.17) is 23.2 Å². The van der Waals surface area contributed by atoms with Crippen LogP contribution in [0.2, 0.25) is 10.0 Å². The molecule has 0 heterocycles. The van der Waals surface area contributed by atoms with Crippen LogP contribution in [0.5, 0.6) is 0 Å². The molecule has 1 fully saturated rings. The summed E-state index contributed by atoms with van der Waals surface area (Å²) in [4.78, 5) is 103. The number of halogens is 2. The number of rotatable bonds is 19. The lowest BCUT2D eigenvalue weighted by atomic mass is 9.95. The van der Waals surface area contributed by atoms with Crippen molar-refractivity contribution in [2.45, 2.75) is 89.9 Å². The van der Waals surface area contributed by atoms with Crippen molar-refractivity contribution >= 4 is 70.5 Å². The molecule has 292 valence electrons. The highest BCUT2D eigenvalue weighted by Crippen LogP contribution is 2.30. The second kappa shape index (κ2) is 20.4. The van der Waals surface area contributed by atoms with Gasteiger partial charge in [-0.1, -0.05) is 93.6 Å². The number of hydrogen-bond donors (Lipinski definition) is 7. The van der Waals surface area contributed by atoms with Crippen molar-refractivity contribution in [2.24, 2.45) is 11.8 Å². The van der Waals surface area contributed by atoms with Crippen LogP contribution in [0.4, 0.5) is 0 Å². The molecule has 4 atom stereocenters. The zero-order chi connectivity index (χ0) is 40.1. The number of carboxylic acid groups (broad SMARTS) is 2. The van der Waals surface area contributed by atoms with E-state index in [1.165, 1.54) is 12.1 Å². The van der Waals surface area contributed by atoms with Gasteiger partial charge in [-0.15, -0.1) is 0 Å². The van der Waals surface area contributed by atoms with Gasteiger partial charge in [-0.05, 0) is 55.2 Å². The fraction of sp³-hybridized carbons (Fsp3) is 0.459. The summed E-state index contributed by atoms with van der Waals surface area (Å²) in [5.41, 5.74) is -0.429. The van der Waals surface area contributed by atoms with Crippen LogP contribution in [-0.4, -0.2) is 82.1 Å². The van der Waals surface area contributed by atoms with Gasteiger partial charge in [0.25, 0.3) is 11.8 Å². The predicted octanol–water partition coefficient (Wildman–Crippen LogP) is 3.42. The summed E-state index contributed by atoms with van der Waals surface area (Å²) in [5, 5.41) is 31.4. The maximum atomic E-state index is 13.9. The van der Waals surface area contributed by atoms with Crippen LogP contribution in [0.25, 0.3) is 0 Å². The Morgan fingerprint density at radius 3 is 1.94 bits per heavy atom. The first-order valence-corrected chi connectivity index (χ1v) is 18.3. The predicted molar refractivity (Wildman–Crippen MR) is 198 cm³/mol. The van der Waals surface area contributed by atoms with Crippen LogP contribution in [0.1, 0.15) is 98.0 Å². The number of nitrogens with one attached hydrogen (secondary N) is 5. The number of aromatic carboxylic acids is 1. The third kappa shape index (κ3) is 12.3. The van der Waals surface area contributed by atoms with E-state index >= 15 is 0 Å². The Morgan fingerprint density at radius 2 is 1.39 bits per heavy atom. The van der Waals surface area contributed by atoms with Gasteiger partial charge in [0.15, 0.2) is 6.04 Å². The topological polar surface area (TPSA) is 237 Å². The number of benzene rings is 2. The highest BCUT2D eigenvalue weighted by molar-refractivity contribution is 6.42. The summed E-state index contributed by atoms with van der Waals surface area (Å²) in [6.45, 7) is 4.62. The van der Waals surface area contributed by atoms with Crippen molar-refractivity contribution in [3.8, 4) is 0 Å². The van der Waals surface area contributed by atoms with Gasteiger partial charge in [-0.2, -0.15) is 0 Å². The molecule has 17 heteroatoms. The molecule has 54 heavy (non-hydrogen) atoms. The molecule has 1 aliphatic rings. The van der Waals surface area contributed by atoms with E-state index in [0.29, 0.717) is 24.8 Å². The molecule has 0 saturated heterocycles. The van der Waals surface area contributed by atoms with Gasteiger partial charge in [0.2, 0.25) is 23.5 Å². The van der Waals surface area contributed by atoms with E-state index < -0.39 is 83.5 Å². The van der Waals surface area contributed by atoms with Crippen molar-refractivity contribution in [2.75, 3.05) is 6.54 Å². The van der Waals surface area contributed by atoms with Gasteiger partial charge in [0.05, 0.1) is 33.8 Å². The van der Waals surface area contributed by atoms with Gasteiger partial charge < -0.3 is 36.8 Å². The number of carboxylic acids is 2. The third-order valence-corrected chi connectivity index (χ3v) is 9.57. The van der Waals surface area contributed by atoms with Gasteiger partial charge in [-0.3, -0.25) is 28.8 Å². The second-order valence-corrected chi connectivity index (χ2v) is 14.3. The quantitative estimate of drug-likeness (QED) is 0.102. The Kier molecular flexibility index (Phi) is 16.4. The highest BCUT2D eigenvalue weighted by Gasteiger charge is 2.36. The van der Waals surface area contributed by atoms with Gasteiger partial charge >= 0.3 is 11.9 Å². The molecular weight excluding hydrogens is 745 g/mol. The molecule has 3 rings (SSSR count). The van der Waals surface area contributed by atoms with Crippen LogP contribution in [0.3, 0.4) is 0 Å².